The molecule has 1 fully saturated rings. The average Bonchev–Trinajstić information content (AvgIpc) is 3.15. The highest BCUT2D eigenvalue weighted by Crippen LogP contribution is 2.47. The Hall–Kier alpha value is -1.40. The van der Waals surface area contributed by atoms with Crippen LogP contribution in [-0.4, -0.2) is 20.9 Å². The van der Waals surface area contributed by atoms with Crippen molar-refractivity contribution in [1.82, 2.24) is 5.32 Å². The van der Waals surface area contributed by atoms with Crippen LogP contribution in [0.15, 0.2) is 17.0 Å². The number of aryl methyl sites for hydroxylation is 2. The lowest BCUT2D eigenvalue weighted by molar-refractivity contribution is 0.0943. The molecule has 0 heterocycles. The van der Waals surface area contributed by atoms with Crippen molar-refractivity contribution in [2.24, 2.45) is 10.6 Å². The zero-order valence-corrected chi connectivity index (χ0v) is 13.5. The lowest BCUT2D eigenvalue weighted by Crippen LogP contribution is -2.30. The van der Waals surface area contributed by atoms with Gasteiger partial charge in [-0.3, -0.25) is 4.79 Å². The van der Waals surface area contributed by atoms with Crippen molar-refractivity contribution in [3.8, 4) is 0 Å². The number of carbonyl (C=O) groups is 1. The fraction of sp³-hybridized carbons (Fsp3) is 0.533. The Morgan fingerprint density at radius 3 is 2.38 bits per heavy atom. The summed E-state index contributed by atoms with van der Waals surface area (Å²) in [4.78, 5) is 12.3. The molecule has 0 aliphatic heterocycles. The molecule has 0 radical (unpaired) electrons. The number of carbonyl (C=O) groups excluding carboxylic acids is 1. The molecule has 2 rings (SSSR count). The van der Waals surface area contributed by atoms with Crippen LogP contribution < -0.4 is 10.5 Å². The molecule has 0 bridgehead atoms. The summed E-state index contributed by atoms with van der Waals surface area (Å²) in [6.45, 7) is 6.22. The molecular formula is C15H22N2O3S. The number of rotatable bonds is 5. The second-order valence-electron chi connectivity index (χ2n) is 6.01. The van der Waals surface area contributed by atoms with Gasteiger partial charge in [0, 0.05) is 12.1 Å². The fourth-order valence-electron chi connectivity index (χ4n) is 2.58. The molecule has 3 N–H and O–H groups in total. The van der Waals surface area contributed by atoms with E-state index < -0.39 is 10.0 Å². The lowest BCUT2D eigenvalue weighted by atomic mass is 10.0. The zero-order chi connectivity index (χ0) is 15.8. The Morgan fingerprint density at radius 1 is 1.29 bits per heavy atom. The van der Waals surface area contributed by atoms with Gasteiger partial charge in [-0.15, -0.1) is 0 Å². The highest BCUT2D eigenvalue weighted by atomic mass is 32.2. The van der Waals surface area contributed by atoms with Gasteiger partial charge < -0.3 is 5.32 Å². The van der Waals surface area contributed by atoms with Gasteiger partial charge in [0.05, 0.1) is 4.90 Å². The first kappa shape index (κ1) is 16.0. The minimum absolute atomic E-state index is 0.00915. The van der Waals surface area contributed by atoms with Gasteiger partial charge in [0.25, 0.3) is 5.91 Å². The molecule has 0 saturated heterocycles. The molecular weight excluding hydrogens is 288 g/mol. The van der Waals surface area contributed by atoms with Crippen LogP contribution in [0.5, 0.6) is 0 Å². The van der Waals surface area contributed by atoms with Crippen LogP contribution in [0.1, 0.15) is 47.7 Å². The molecule has 1 amide bonds. The molecule has 1 aromatic rings. The lowest BCUT2D eigenvalue weighted by Gasteiger charge is -2.15. The number of primary sulfonamides is 1. The van der Waals surface area contributed by atoms with Crippen molar-refractivity contribution < 1.29 is 13.2 Å². The highest BCUT2D eigenvalue weighted by Gasteiger charge is 2.40. The zero-order valence-electron chi connectivity index (χ0n) is 12.7. The van der Waals surface area contributed by atoms with E-state index in [1.807, 2.05) is 0 Å². The first-order valence-corrected chi connectivity index (χ1v) is 8.65. The van der Waals surface area contributed by atoms with Gasteiger partial charge in [-0.2, -0.15) is 0 Å². The number of amides is 1. The van der Waals surface area contributed by atoms with Gasteiger partial charge in [-0.05, 0) is 55.7 Å². The van der Waals surface area contributed by atoms with Gasteiger partial charge in [0.1, 0.15) is 0 Å². The molecule has 21 heavy (non-hydrogen) atoms. The number of sulfonamides is 1. The number of benzene rings is 1. The Balaban J connectivity index is 2.24. The van der Waals surface area contributed by atoms with E-state index in [4.69, 9.17) is 5.14 Å². The molecule has 0 spiro atoms. The monoisotopic (exact) mass is 310 g/mol. The van der Waals surface area contributed by atoms with Gasteiger partial charge in [0.15, 0.2) is 0 Å². The van der Waals surface area contributed by atoms with E-state index in [0.29, 0.717) is 17.7 Å². The molecule has 0 unspecified atom stereocenters. The standard InChI is InChI=1S/C15H22N2O3S/c1-4-15(5-6-15)9-17-14(18)12-8-13(21(16,19)20)11(3)7-10(12)2/h7-8H,4-6,9H2,1-3H3,(H,17,18)(H2,16,19,20). The first-order valence-electron chi connectivity index (χ1n) is 7.11. The van der Waals surface area contributed by atoms with Crippen LogP contribution in [0, 0.1) is 19.3 Å². The molecule has 1 aromatic carbocycles. The molecule has 5 nitrogen and oxygen atoms in total. The molecule has 116 valence electrons. The third-order valence-electron chi connectivity index (χ3n) is 4.40. The Bertz CT molecular complexity index is 676. The first-order chi connectivity index (χ1) is 9.68. The maximum absolute atomic E-state index is 12.3. The van der Waals surface area contributed by atoms with Gasteiger partial charge in [0.2, 0.25) is 10.0 Å². The quantitative estimate of drug-likeness (QED) is 0.870. The predicted octanol–water partition coefficient (Wildman–Crippen LogP) is 1.87. The summed E-state index contributed by atoms with van der Waals surface area (Å²) in [5.74, 6) is -0.239. The number of nitrogens with one attached hydrogen (secondary N) is 1. The number of hydrogen-bond donors (Lipinski definition) is 2. The Kier molecular flexibility index (Phi) is 4.13. The minimum Gasteiger partial charge on any atom is -0.351 e. The third kappa shape index (κ3) is 3.44. The van der Waals surface area contributed by atoms with E-state index in [0.717, 1.165) is 24.8 Å². The summed E-state index contributed by atoms with van der Waals surface area (Å²) in [6.07, 6.45) is 3.32. The summed E-state index contributed by atoms with van der Waals surface area (Å²) in [5, 5.41) is 8.11. The molecule has 0 aromatic heterocycles. The molecule has 1 saturated carbocycles. The molecule has 0 atom stereocenters. The highest BCUT2D eigenvalue weighted by molar-refractivity contribution is 7.89. The summed E-state index contributed by atoms with van der Waals surface area (Å²) in [6, 6.07) is 3.06. The largest absolute Gasteiger partial charge is 0.351 e. The van der Waals surface area contributed by atoms with Gasteiger partial charge in [-0.1, -0.05) is 13.0 Å². The topological polar surface area (TPSA) is 89.3 Å². The van der Waals surface area contributed by atoms with E-state index >= 15 is 0 Å². The van der Waals surface area contributed by atoms with Crippen LogP contribution in [-0.2, 0) is 10.0 Å². The van der Waals surface area contributed by atoms with Crippen molar-refractivity contribution in [2.75, 3.05) is 6.54 Å². The van der Waals surface area contributed by atoms with Crippen molar-refractivity contribution >= 4 is 15.9 Å². The third-order valence-corrected chi connectivity index (χ3v) is 5.46. The second kappa shape index (κ2) is 5.42. The summed E-state index contributed by atoms with van der Waals surface area (Å²) >= 11 is 0. The van der Waals surface area contributed by atoms with E-state index in [-0.39, 0.29) is 16.2 Å². The number of hydrogen-bond acceptors (Lipinski definition) is 3. The van der Waals surface area contributed by atoms with Crippen LogP contribution >= 0.6 is 0 Å². The average molecular weight is 310 g/mol. The maximum atomic E-state index is 12.3. The van der Waals surface area contributed by atoms with Crippen molar-refractivity contribution in [3.63, 3.8) is 0 Å². The summed E-state index contributed by atoms with van der Waals surface area (Å²) in [5.41, 5.74) is 1.92. The second-order valence-corrected chi connectivity index (χ2v) is 7.54. The van der Waals surface area contributed by atoms with E-state index in [1.54, 1.807) is 19.9 Å². The van der Waals surface area contributed by atoms with Crippen LogP contribution in [0.4, 0.5) is 0 Å². The molecule has 1 aliphatic carbocycles. The van der Waals surface area contributed by atoms with E-state index in [1.165, 1.54) is 6.07 Å². The van der Waals surface area contributed by atoms with E-state index in [9.17, 15) is 13.2 Å². The van der Waals surface area contributed by atoms with Gasteiger partial charge >= 0.3 is 0 Å². The van der Waals surface area contributed by atoms with Crippen molar-refractivity contribution in [3.05, 3.63) is 28.8 Å². The SMILES string of the molecule is CCC1(CNC(=O)c2cc(S(N)(=O)=O)c(C)cc2C)CC1. The van der Waals surface area contributed by atoms with Crippen LogP contribution in [0.25, 0.3) is 0 Å². The summed E-state index contributed by atoms with van der Waals surface area (Å²) < 4.78 is 23.1. The van der Waals surface area contributed by atoms with Crippen molar-refractivity contribution in [1.29, 1.82) is 0 Å². The molecule has 6 heteroatoms. The predicted molar refractivity (Wildman–Crippen MR) is 81.6 cm³/mol. The molecule has 1 aliphatic rings. The summed E-state index contributed by atoms with van der Waals surface area (Å²) in [7, 11) is -3.82. The Morgan fingerprint density at radius 2 is 1.90 bits per heavy atom. The van der Waals surface area contributed by atoms with Crippen LogP contribution in [0.2, 0.25) is 0 Å². The minimum atomic E-state index is -3.82. The fourth-order valence-corrected chi connectivity index (χ4v) is 3.37. The maximum Gasteiger partial charge on any atom is 0.251 e. The Labute approximate surface area is 126 Å². The normalized spacial score (nSPS) is 16.6. The van der Waals surface area contributed by atoms with Crippen molar-refractivity contribution in [2.45, 2.75) is 44.9 Å². The van der Waals surface area contributed by atoms with Gasteiger partial charge in [-0.25, -0.2) is 13.6 Å². The van der Waals surface area contributed by atoms with E-state index in [2.05, 4.69) is 12.2 Å². The number of nitrogens with two attached hydrogens (primary N) is 1. The van der Waals surface area contributed by atoms with Crippen LogP contribution in [0.3, 0.4) is 0 Å². The smallest absolute Gasteiger partial charge is 0.251 e.